The first kappa shape index (κ1) is 12.0. The van der Waals surface area contributed by atoms with Crippen LogP contribution < -0.4 is 0 Å². The lowest BCUT2D eigenvalue weighted by molar-refractivity contribution is 0.291. The summed E-state index contributed by atoms with van der Waals surface area (Å²) in [5.74, 6) is 0.724. The largest absolute Gasteiger partial charge is 0.240 e. The van der Waals surface area contributed by atoms with Gasteiger partial charge in [0.25, 0.3) is 0 Å². The van der Waals surface area contributed by atoms with Crippen molar-refractivity contribution < 1.29 is 4.21 Å². The van der Waals surface area contributed by atoms with Gasteiger partial charge in [0.2, 0.25) is 0 Å². The lowest BCUT2D eigenvalue weighted by Gasteiger charge is -2.36. The molecule has 4 heteroatoms. The van der Waals surface area contributed by atoms with E-state index in [1.165, 1.54) is 0 Å². The van der Waals surface area contributed by atoms with Crippen molar-refractivity contribution in [2.24, 2.45) is 5.92 Å². The van der Waals surface area contributed by atoms with Gasteiger partial charge in [0.1, 0.15) is 9.92 Å². The molecule has 0 aromatic rings. The van der Waals surface area contributed by atoms with Gasteiger partial charge in [-0.1, -0.05) is 6.92 Å². The summed E-state index contributed by atoms with van der Waals surface area (Å²) >= 11 is 0. The Labute approximate surface area is 88.0 Å². The lowest BCUT2D eigenvalue weighted by atomic mass is 10.0. The minimum Gasteiger partial charge on any atom is -0.240 e. The molecule has 3 nitrogen and oxygen atoms in total. The van der Waals surface area contributed by atoms with Crippen molar-refractivity contribution in [2.45, 2.75) is 45.3 Å². The molecule has 0 aromatic carbocycles. The molecule has 1 atom stereocenters. The molecule has 84 valence electrons. The van der Waals surface area contributed by atoms with E-state index in [1.54, 1.807) is 0 Å². The van der Waals surface area contributed by atoms with E-state index in [0.717, 1.165) is 31.8 Å². The first-order valence-corrected chi connectivity index (χ1v) is 6.80. The van der Waals surface area contributed by atoms with Crippen molar-refractivity contribution in [3.05, 3.63) is 0 Å². The van der Waals surface area contributed by atoms with Crippen molar-refractivity contribution in [2.75, 3.05) is 13.1 Å². The van der Waals surface area contributed by atoms with E-state index in [2.05, 4.69) is 6.92 Å². The fourth-order valence-electron chi connectivity index (χ4n) is 1.63. The summed E-state index contributed by atoms with van der Waals surface area (Å²) in [7, 11) is -2.59. The normalized spacial score (nSPS) is 26.0. The van der Waals surface area contributed by atoms with Crippen LogP contribution in [0.5, 0.6) is 0 Å². The standard InChI is InChI=1S/C10H22N2OS/c1-9-5-7-12(8-6-9)14(11,13)10(2,3)4/h9,11H,5-8H2,1-4H3. The molecule has 1 aliphatic rings. The van der Waals surface area contributed by atoms with Gasteiger partial charge in [-0.2, -0.15) is 0 Å². The molecule has 1 fully saturated rings. The SMILES string of the molecule is CC1CCN(S(=N)(=O)C(C)(C)C)CC1. The Balaban J connectivity index is 2.76. The molecule has 1 saturated heterocycles. The second-order valence-corrected chi connectivity index (χ2v) is 8.04. The maximum atomic E-state index is 12.3. The Kier molecular flexibility index (Phi) is 3.26. The fraction of sp³-hybridized carbons (Fsp3) is 1.00. The highest BCUT2D eigenvalue weighted by Gasteiger charge is 2.33. The van der Waals surface area contributed by atoms with E-state index in [9.17, 15) is 4.21 Å². The van der Waals surface area contributed by atoms with Crippen LogP contribution in [-0.2, 0) is 9.92 Å². The second-order valence-electron chi connectivity index (χ2n) is 5.25. The molecule has 0 radical (unpaired) electrons. The van der Waals surface area contributed by atoms with Gasteiger partial charge in [0, 0.05) is 13.1 Å². The second kappa shape index (κ2) is 3.81. The van der Waals surface area contributed by atoms with Crippen LogP contribution in [0.1, 0.15) is 40.5 Å². The van der Waals surface area contributed by atoms with E-state index >= 15 is 0 Å². The van der Waals surface area contributed by atoms with Gasteiger partial charge in [-0.3, -0.25) is 0 Å². The molecule has 1 unspecified atom stereocenters. The third kappa shape index (κ3) is 2.28. The summed E-state index contributed by atoms with van der Waals surface area (Å²) in [5.41, 5.74) is 0. The van der Waals surface area contributed by atoms with Gasteiger partial charge in [-0.25, -0.2) is 13.3 Å². The summed E-state index contributed by atoms with van der Waals surface area (Å²) in [6, 6.07) is 0. The van der Waals surface area contributed by atoms with E-state index in [4.69, 9.17) is 4.78 Å². The Bertz CT molecular complexity index is 282. The van der Waals surface area contributed by atoms with Crippen LogP contribution >= 0.6 is 0 Å². The number of piperidine rings is 1. The summed E-state index contributed by atoms with van der Waals surface area (Å²) in [6.45, 7) is 9.53. The zero-order valence-corrected chi connectivity index (χ0v) is 10.5. The van der Waals surface area contributed by atoms with Gasteiger partial charge in [0.15, 0.2) is 0 Å². The van der Waals surface area contributed by atoms with E-state index in [1.807, 2.05) is 25.1 Å². The Hall–Kier alpha value is -0.0900. The van der Waals surface area contributed by atoms with Crippen molar-refractivity contribution in [1.29, 1.82) is 4.78 Å². The number of nitrogens with zero attached hydrogens (tertiary/aromatic N) is 1. The van der Waals surface area contributed by atoms with Crippen LogP contribution in [0.15, 0.2) is 0 Å². The maximum absolute atomic E-state index is 12.3. The van der Waals surface area contributed by atoms with Crippen LogP contribution in [0, 0.1) is 10.7 Å². The van der Waals surface area contributed by atoms with Crippen LogP contribution in [-0.4, -0.2) is 26.4 Å². The van der Waals surface area contributed by atoms with Crippen LogP contribution in [0.4, 0.5) is 0 Å². The predicted molar refractivity (Wildman–Crippen MR) is 60.6 cm³/mol. The summed E-state index contributed by atoms with van der Waals surface area (Å²) in [6.07, 6.45) is 2.15. The number of hydrogen-bond acceptors (Lipinski definition) is 2. The summed E-state index contributed by atoms with van der Waals surface area (Å²) in [4.78, 5) is 0. The summed E-state index contributed by atoms with van der Waals surface area (Å²) < 4.78 is 21.7. The lowest BCUT2D eigenvalue weighted by Crippen LogP contribution is -2.45. The molecule has 1 N–H and O–H groups in total. The number of nitrogens with one attached hydrogen (secondary N) is 1. The smallest absolute Gasteiger partial charge is 0.112 e. The molecule has 1 aliphatic heterocycles. The minimum atomic E-state index is -2.59. The quantitative estimate of drug-likeness (QED) is 0.722. The zero-order chi connectivity index (χ0) is 11.0. The van der Waals surface area contributed by atoms with Gasteiger partial charge >= 0.3 is 0 Å². The molecule has 0 saturated carbocycles. The van der Waals surface area contributed by atoms with Gasteiger partial charge in [-0.05, 0) is 39.5 Å². The first-order chi connectivity index (χ1) is 6.25. The van der Waals surface area contributed by atoms with Gasteiger partial charge in [-0.15, -0.1) is 0 Å². The number of rotatable bonds is 1. The molecule has 0 bridgehead atoms. The van der Waals surface area contributed by atoms with Crippen molar-refractivity contribution in [1.82, 2.24) is 4.31 Å². The molecular weight excluding hydrogens is 196 g/mol. The molecule has 0 spiro atoms. The van der Waals surface area contributed by atoms with Crippen molar-refractivity contribution in [3.63, 3.8) is 0 Å². The first-order valence-electron chi connectivity index (χ1n) is 5.28. The van der Waals surface area contributed by atoms with Crippen LogP contribution in [0.3, 0.4) is 0 Å². The monoisotopic (exact) mass is 218 g/mol. The minimum absolute atomic E-state index is 0.437. The van der Waals surface area contributed by atoms with Crippen molar-refractivity contribution in [3.8, 4) is 0 Å². The average Bonchev–Trinajstić information content (AvgIpc) is 2.03. The third-order valence-corrected chi connectivity index (χ3v) is 5.69. The number of hydrogen-bond donors (Lipinski definition) is 1. The molecule has 14 heavy (non-hydrogen) atoms. The van der Waals surface area contributed by atoms with Crippen molar-refractivity contribution >= 4 is 9.92 Å². The molecule has 0 amide bonds. The molecule has 0 aromatic heterocycles. The van der Waals surface area contributed by atoms with E-state index in [0.29, 0.717) is 0 Å². The molecule has 1 rings (SSSR count). The highest BCUT2D eigenvalue weighted by Crippen LogP contribution is 2.26. The van der Waals surface area contributed by atoms with Crippen LogP contribution in [0.2, 0.25) is 0 Å². The third-order valence-electron chi connectivity index (χ3n) is 2.94. The highest BCUT2D eigenvalue weighted by molar-refractivity contribution is 7.91. The highest BCUT2D eigenvalue weighted by atomic mass is 32.2. The maximum Gasteiger partial charge on any atom is 0.112 e. The molecule has 1 heterocycles. The topological polar surface area (TPSA) is 44.2 Å². The Morgan fingerprint density at radius 3 is 2.07 bits per heavy atom. The zero-order valence-electron chi connectivity index (χ0n) is 9.67. The van der Waals surface area contributed by atoms with E-state index < -0.39 is 14.7 Å². The summed E-state index contributed by atoms with van der Waals surface area (Å²) in [5, 5.41) is 0. The Morgan fingerprint density at radius 2 is 1.71 bits per heavy atom. The van der Waals surface area contributed by atoms with Crippen LogP contribution in [0.25, 0.3) is 0 Å². The Morgan fingerprint density at radius 1 is 1.29 bits per heavy atom. The molecular formula is C10H22N2OS. The van der Waals surface area contributed by atoms with E-state index in [-0.39, 0.29) is 0 Å². The predicted octanol–water partition coefficient (Wildman–Crippen LogP) is 2.48. The van der Waals surface area contributed by atoms with Gasteiger partial charge < -0.3 is 0 Å². The van der Waals surface area contributed by atoms with Gasteiger partial charge in [0.05, 0.1) is 4.75 Å². The molecule has 0 aliphatic carbocycles. The average molecular weight is 218 g/mol. The fourth-order valence-corrected chi connectivity index (χ4v) is 3.13.